The Balaban J connectivity index is 2.25. The van der Waals surface area contributed by atoms with Crippen molar-refractivity contribution >= 4 is 66.6 Å². The Bertz CT molecular complexity index is 787. The summed E-state index contributed by atoms with van der Waals surface area (Å²) in [4.78, 5) is 4.56. The van der Waals surface area contributed by atoms with Crippen LogP contribution in [0.15, 0.2) is 22.9 Å². The Morgan fingerprint density at radius 2 is 1.71 bits per heavy atom. The minimum absolute atomic E-state index is 0.222. The molecule has 0 bridgehead atoms. The minimum atomic E-state index is -3.11. The normalized spacial score (nSPS) is 28.1. The van der Waals surface area contributed by atoms with E-state index in [-0.39, 0.29) is 11.5 Å². The average molecular weight is 379 g/mol. The monoisotopic (exact) mass is 379 g/mol. The predicted octanol–water partition coefficient (Wildman–Crippen LogP) is -3.66. The van der Waals surface area contributed by atoms with Gasteiger partial charge in [0.05, 0.1) is 47.7 Å². The fourth-order valence-corrected chi connectivity index (χ4v) is 2.78. The zero-order chi connectivity index (χ0) is 18.1. The Morgan fingerprint density at radius 1 is 1.08 bits per heavy atom. The van der Waals surface area contributed by atoms with Gasteiger partial charge in [-0.2, -0.15) is 5.10 Å². The molecule has 8 nitrogen and oxygen atoms in total. The number of hydrogen-bond acceptors (Lipinski definition) is 7. The van der Waals surface area contributed by atoms with E-state index in [1.807, 2.05) is 0 Å². The van der Waals surface area contributed by atoms with E-state index < -0.39 is 22.2 Å². The molecule has 0 saturated carbocycles. The van der Waals surface area contributed by atoms with Crippen LogP contribution in [0.3, 0.4) is 0 Å². The molecule has 1 atom stereocenters. The molecule has 24 heavy (non-hydrogen) atoms. The van der Waals surface area contributed by atoms with E-state index >= 15 is 0 Å². The second-order valence-corrected chi connectivity index (χ2v) is 6.46. The molecule has 3 heterocycles. The van der Waals surface area contributed by atoms with E-state index in [9.17, 15) is 15.3 Å². The number of piperazine rings is 1. The molecule has 1 aliphatic heterocycles. The van der Waals surface area contributed by atoms with Crippen molar-refractivity contribution in [2.45, 2.75) is 22.2 Å². The molecule has 1 saturated heterocycles. The third-order valence-electron chi connectivity index (χ3n) is 3.77. The van der Waals surface area contributed by atoms with E-state index in [0.717, 1.165) is 0 Å². The van der Waals surface area contributed by atoms with Crippen LogP contribution < -0.4 is 10.2 Å². The highest BCUT2D eigenvalue weighted by Crippen LogP contribution is 2.39. The number of nitrogens with one attached hydrogen (secondary N) is 1. The van der Waals surface area contributed by atoms with Gasteiger partial charge in [0.15, 0.2) is 5.65 Å². The first-order chi connectivity index (χ1) is 10.8. The SMILES string of the molecule is [B]C1([B])NC([B])([B])C(O)(O)N(c2ccn3ncc(Br)c3n2)C1([B])O. The Morgan fingerprint density at radius 3 is 2.33 bits per heavy atom. The number of anilines is 1. The number of rotatable bonds is 1. The lowest BCUT2D eigenvalue weighted by Gasteiger charge is -2.65. The molecule has 0 amide bonds. The van der Waals surface area contributed by atoms with E-state index in [4.69, 9.17) is 39.2 Å². The van der Waals surface area contributed by atoms with E-state index in [2.05, 4.69) is 31.3 Å². The van der Waals surface area contributed by atoms with Crippen molar-refractivity contribution < 1.29 is 15.3 Å². The molecule has 10 radical (unpaired) electrons. The zero-order valence-corrected chi connectivity index (χ0v) is 13.7. The number of aromatic nitrogens is 3. The maximum absolute atomic E-state index is 10.6. The van der Waals surface area contributed by atoms with Crippen molar-refractivity contribution in [1.29, 1.82) is 0 Å². The standard InChI is InChI=1S/C10H7B5BrN5O3/c11-7(12)9(15,22)21(10(23,24)8(13,14)19-7)5-1-2-20-6(18-5)4(16)3-17-20/h1-3,19,22-24H. The van der Waals surface area contributed by atoms with Crippen molar-refractivity contribution in [3.05, 3.63) is 22.9 Å². The summed E-state index contributed by atoms with van der Waals surface area (Å²) in [6.07, 6.45) is 2.90. The second-order valence-electron chi connectivity index (χ2n) is 5.61. The van der Waals surface area contributed by atoms with Gasteiger partial charge in [0, 0.05) is 11.5 Å². The van der Waals surface area contributed by atoms with E-state index in [1.54, 1.807) is 0 Å². The van der Waals surface area contributed by atoms with Crippen LogP contribution in [0, 0.1) is 0 Å². The number of halogens is 1. The molecule has 2 aromatic heterocycles. The van der Waals surface area contributed by atoms with Crippen molar-refractivity contribution in [3.63, 3.8) is 0 Å². The van der Waals surface area contributed by atoms with Gasteiger partial charge in [0.25, 0.3) is 5.91 Å². The van der Waals surface area contributed by atoms with Crippen LogP contribution in [0.25, 0.3) is 5.65 Å². The largest absolute Gasteiger partial charge is 0.380 e. The summed E-state index contributed by atoms with van der Waals surface area (Å²) in [5.74, 6) is -3.34. The van der Waals surface area contributed by atoms with Gasteiger partial charge in [0.2, 0.25) is 0 Å². The van der Waals surface area contributed by atoms with Gasteiger partial charge in [-0.15, -0.1) is 0 Å². The third kappa shape index (κ3) is 2.27. The smallest absolute Gasteiger partial charge is 0.251 e. The highest BCUT2D eigenvalue weighted by molar-refractivity contribution is 9.10. The highest BCUT2D eigenvalue weighted by atomic mass is 79.9. The molecule has 2 aromatic rings. The molecule has 0 aromatic carbocycles. The Labute approximate surface area is 152 Å². The molecule has 3 rings (SSSR count). The molecule has 1 fully saturated rings. The van der Waals surface area contributed by atoms with Gasteiger partial charge >= 0.3 is 0 Å². The topological polar surface area (TPSA) is 106 Å². The fourth-order valence-electron chi connectivity index (χ4n) is 2.42. The van der Waals surface area contributed by atoms with E-state index in [1.165, 1.54) is 23.0 Å². The Kier molecular flexibility index (Phi) is 3.76. The lowest BCUT2D eigenvalue weighted by molar-refractivity contribution is -0.219. The van der Waals surface area contributed by atoms with Crippen molar-refractivity contribution in [2.75, 3.05) is 4.90 Å². The summed E-state index contributed by atoms with van der Waals surface area (Å²) in [5, 5.41) is 32.7. The summed E-state index contributed by atoms with van der Waals surface area (Å²) in [6, 6.07) is 1.28. The second kappa shape index (κ2) is 5.04. The summed E-state index contributed by atoms with van der Waals surface area (Å²) in [7, 11) is 28.5. The predicted molar refractivity (Wildman–Crippen MR) is 92.7 cm³/mol. The molecule has 4 N–H and O–H groups in total. The molecule has 0 spiro atoms. The minimum Gasteiger partial charge on any atom is -0.380 e. The molecule has 112 valence electrons. The first kappa shape index (κ1) is 17.9. The number of fused-ring (bicyclic) bond motifs is 1. The maximum Gasteiger partial charge on any atom is 0.251 e. The highest BCUT2D eigenvalue weighted by Gasteiger charge is 2.62. The van der Waals surface area contributed by atoms with Crippen LogP contribution in [0.1, 0.15) is 0 Å². The van der Waals surface area contributed by atoms with Gasteiger partial charge in [-0.25, -0.2) is 9.50 Å². The molecule has 14 heteroatoms. The van der Waals surface area contributed by atoms with Crippen LogP contribution in [0.5, 0.6) is 0 Å². The van der Waals surface area contributed by atoms with Crippen LogP contribution >= 0.6 is 15.9 Å². The van der Waals surface area contributed by atoms with Crippen LogP contribution in [0.4, 0.5) is 5.82 Å². The summed E-state index contributed by atoms with van der Waals surface area (Å²) >= 11 is 3.23. The summed E-state index contributed by atoms with van der Waals surface area (Å²) in [6.45, 7) is 0. The number of aliphatic hydroxyl groups is 3. The van der Waals surface area contributed by atoms with Gasteiger partial charge < -0.3 is 20.6 Å². The Hall–Kier alpha value is -0.935. The lowest BCUT2D eigenvalue weighted by Crippen LogP contribution is -2.91. The van der Waals surface area contributed by atoms with Crippen molar-refractivity contribution in [2.24, 2.45) is 0 Å². The molecule has 0 aliphatic carbocycles. The van der Waals surface area contributed by atoms with Crippen molar-refractivity contribution in [3.8, 4) is 0 Å². The fraction of sp³-hybridized carbons (Fsp3) is 0.400. The van der Waals surface area contributed by atoms with Crippen LogP contribution in [-0.4, -0.2) is 91.4 Å². The van der Waals surface area contributed by atoms with Crippen molar-refractivity contribution in [1.82, 2.24) is 19.9 Å². The van der Waals surface area contributed by atoms with Crippen LogP contribution in [-0.2, 0) is 0 Å². The first-order valence-electron chi connectivity index (χ1n) is 6.52. The molecular weight excluding hydrogens is 372 g/mol. The lowest BCUT2D eigenvalue weighted by atomic mass is 9.43. The molecule has 1 aliphatic rings. The molecular formula is C10H7B5BrN5O3. The summed E-state index contributed by atoms with van der Waals surface area (Å²) in [5.41, 5.74) is -2.45. The number of hydrogen-bond donors (Lipinski definition) is 4. The van der Waals surface area contributed by atoms with Gasteiger partial charge in [-0.05, 0) is 27.3 Å². The van der Waals surface area contributed by atoms with E-state index in [0.29, 0.717) is 9.37 Å². The maximum atomic E-state index is 10.6. The number of nitrogens with zero attached hydrogens (tertiary/aromatic N) is 4. The average Bonchev–Trinajstić information content (AvgIpc) is 2.77. The first-order valence-corrected chi connectivity index (χ1v) is 7.31. The molecule has 1 unspecified atom stereocenters. The summed E-state index contributed by atoms with van der Waals surface area (Å²) < 4.78 is 1.89. The third-order valence-corrected chi connectivity index (χ3v) is 4.33. The van der Waals surface area contributed by atoms with Crippen LogP contribution in [0.2, 0.25) is 0 Å². The van der Waals surface area contributed by atoms with Gasteiger partial charge in [-0.1, -0.05) is 0 Å². The van der Waals surface area contributed by atoms with Gasteiger partial charge in [0.1, 0.15) is 13.7 Å². The quantitative estimate of drug-likeness (QED) is 0.299. The van der Waals surface area contributed by atoms with Gasteiger partial charge in [-0.3, -0.25) is 4.90 Å². The zero-order valence-electron chi connectivity index (χ0n) is 12.1.